The number of rotatable bonds is 4. The summed E-state index contributed by atoms with van der Waals surface area (Å²) < 4.78 is 24.1. The van der Waals surface area contributed by atoms with Crippen molar-refractivity contribution in [1.82, 2.24) is 0 Å². The van der Waals surface area contributed by atoms with Crippen molar-refractivity contribution in [2.75, 3.05) is 5.75 Å². The molecule has 0 unspecified atom stereocenters. The Hall–Kier alpha value is -1.17. The number of hydrogen-bond donors (Lipinski definition) is 0. The van der Waals surface area contributed by atoms with Gasteiger partial charge in [-0.15, -0.1) is 11.3 Å². The molecule has 1 aromatic carbocycles. The van der Waals surface area contributed by atoms with Crippen molar-refractivity contribution < 1.29 is 13.2 Å². The summed E-state index contributed by atoms with van der Waals surface area (Å²) in [6.07, 6.45) is 0. The van der Waals surface area contributed by atoms with Crippen molar-refractivity contribution in [1.29, 1.82) is 0 Å². The molecule has 3 nitrogen and oxygen atoms in total. The Morgan fingerprint density at radius 1 is 1.16 bits per heavy atom. The van der Waals surface area contributed by atoms with Gasteiger partial charge in [0.2, 0.25) is 0 Å². The first-order chi connectivity index (χ1) is 8.88. The first kappa shape index (κ1) is 14.2. The SMILES string of the molecule is Cc1ccc(C(=O)CS(=O)(=O)c2ccc(Cl)cc2)s1. The van der Waals surface area contributed by atoms with Gasteiger partial charge in [-0.25, -0.2) is 8.42 Å². The molecule has 6 heteroatoms. The predicted octanol–water partition coefficient (Wildman–Crippen LogP) is 3.37. The molecule has 2 aromatic rings. The molecule has 100 valence electrons. The third-order valence-electron chi connectivity index (χ3n) is 2.51. The summed E-state index contributed by atoms with van der Waals surface area (Å²) in [6.45, 7) is 1.87. The molecule has 0 fully saturated rings. The maximum Gasteiger partial charge on any atom is 0.188 e. The summed E-state index contributed by atoms with van der Waals surface area (Å²) >= 11 is 7.01. The molecule has 0 radical (unpaired) electrons. The number of carbonyl (C=O) groups excluding carboxylic acids is 1. The van der Waals surface area contributed by atoms with Crippen molar-refractivity contribution in [3.05, 3.63) is 51.2 Å². The Balaban J connectivity index is 2.22. The van der Waals surface area contributed by atoms with Gasteiger partial charge in [0.1, 0.15) is 5.75 Å². The van der Waals surface area contributed by atoms with Gasteiger partial charge in [-0.05, 0) is 43.3 Å². The van der Waals surface area contributed by atoms with Crippen LogP contribution in [0.3, 0.4) is 0 Å². The zero-order valence-electron chi connectivity index (χ0n) is 10.1. The average Bonchev–Trinajstić information content (AvgIpc) is 2.76. The largest absolute Gasteiger partial charge is 0.292 e. The molecular weight excluding hydrogens is 304 g/mol. The molecule has 0 aliphatic rings. The summed E-state index contributed by atoms with van der Waals surface area (Å²) in [5.41, 5.74) is 0. The standard InChI is InChI=1S/C13H11ClO3S2/c1-9-2-7-13(18-9)12(15)8-19(16,17)11-5-3-10(14)4-6-11/h2-7H,8H2,1H3. The van der Waals surface area contributed by atoms with E-state index in [0.717, 1.165) is 4.88 Å². The van der Waals surface area contributed by atoms with E-state index in [2.05, 4.69) is 0 Å². The lowest BCUT2D eigenvalue weighted by Gasteiger charge is -2.03. The number of thiophene rings is 1. The van der Waals surface area contributed by atoms with E-state index in [1.165, 1.54) is 35.6 Å². The first-order valence-electron chi connectivity index (χ1n) is 5.46. The highest BCUT2D eigenvalue weighted by Gasteiger charge is 2.21. The fraction of sp³-hybridized carbons (Fsp3) is 0.154. The first-order valence-corrected chi connectivity index (χ1v) is 8.31. The van der Waals surface area contributed by atoms with E-state index in [0.29, 0.717) is 9.90 Å². The highest BCUT2D eigenvalue weighted by molar-refractivity contribution is 7.92. The highest BCUT2D eigenvalue weighted by Crippen LogP contribution is 2.19. The van der Waals surface area contributed by atoms with Crippen molar-refractivity contribution in [3.63, 3.8) is 0 Å². The lowest BCUT2D eigenvalue weighted by atomic mass is 10.3. The van der Waals surface area contributed by atoms with E-state index in [4.69, 9.17) is 11.6 Å². The lowest BCUT2D eigenvalue weighted by Crippen LogP contribution is -2.15. The van der Waals surface area contributed by atoms with Crippen molar-refractivity contribution in [3.8, 4) is 0 Å². The van der Waals surface area contributed by atoms with E-state index in [1.54, 1.807) is 12.1 Å². The summed E-state index contributed by atoms with van der Waals surface area (Å²) in [4.78, 5) is 13.5. The third-order valence-corrected chi connectivity index (χ3v) is 5.44. The number of sulfone groups is 1. The van der Waals surface area contributed by atoms with E-state index < -0.39 is 15.6 Å². The van der Waals surface area contributed by atoms with Gasteiger partial charge in [0.25, 0.3) is 0 Å². The van der Waals surface area contributed by atoms with Crippen LogP contribution in [0.2, 0.25) is 5.02 Å². The van der Waals surface area contributed by atoms with Crippen LogP contribution >= 0.6 is 22.9 Å². The third kappa shape index (κ3) is 3.43. The second-order valence-electron chi connectivity index (χ2n) is 4.05. The smallest absolute Gasteiger partial charge is 0.188 e. The molecule has 0 atom stereocenters. The second-order valence-corrected chi connectivity index (χ2v) is 7.76. The summed E-state index contributed by atoms with van der Waals surface area (Å²) in [5, 5.41) is 0.458. The van der Waals surface area contributed by atoms with Crippen molar-refractivity contribution in [2.24, 2.45) is 0 Å². The van der Waals surface area contributed by atoms with Gasteiger partial charge < -0.3 is 0 Å². The van der Waals surface area contributed by atoms with Gasteiger partial charge in [-0.2, -0.15) is 0 Å². The molecule has 0 spiro atoms. The fourth-order valence-electron chi connectivity index (χ4n) is 1.55. The second kappa shape index (κ2) is 5.45. The number of halogens is 1. The molecule has 0 amide bonds. The molecule has 0 aliphatic carbocycles. The molecule has 1 heterocycles. The predicted molar refractivity (Wildman–Crippen MR) is 76.9 cm³/mol. The van der Waals surface area contributed by atoms with Crippen molar-refractivity contribution >= 4 is 38.6 Å². The number of ketones is 1. The lowest BCUT2D eigenvalue weighted by molar-refractivity contribution is 0.102. The van der Waals surface area contributed by atoms with Gasteiger partial charge in [0, 0.05) is 9.90 Å². The molecule has 19 heavy (non-hydrogen) atoms. The van der Waals surface area contributed by atoms with E-state index in [1.807, 2.05) is 6.92 Å². The Kier molecular flexibility index (Phi) is 4.08. The molecular formula is C13H11ClO3S2. The number of aryl methyl sites for hydroxylation is 1. The maximum absolute atomic E-state index is 12.1. The minimum absolute atomic E-state index is 0.110. The topological polar surface area (TPSA) is 51.2 Å². The van der Waals surface area contributed by atoms with Crippen LogP contribution in [0.5, 0.6) is 0 Å². The molecule has 0 N–H and O–H groups in total. The van der Waals surface area contributed by atoms with Crippen LogP contribution in [0.25, 0.3) is 0 Å². The van der Waals surface area contributed by atoms with Crippen molar-refractivity contribution in [2.45, 2.75) is 11.8 Å². The van der Waals surface area contributed by atoms with Crippen LogP contribution < -0.4 is 0 Å². The highest BCUT2D eigenvalue weighted by atomic mass is 35.5. The fourth-order valence-corrected chi connectivity index (χ4v) is 3.79. The number of hydrogen-bond acceptors (Lipinski definition) is 4. The summed E-state index contributed by atoms with van der Waals surface area (Å²) in [7, 11) is -3.62. The van der Waals surface area contributed by atoms with E-state index in [9.17, 15) is 13.2 Å². The molecule has 0 saturated heterocycles. The van der Waals surface area contributed by atoms with Crippen LogP contribution in [0, 0.1) is 6.92 Å². The maximum atomic E-state index is 12.1. The summed E-state index contributed by atoms with van der Waals surface area (Å²) in [5.74, 6) is -0.901. The Morgan fingerprint density at radius 2 is 1.79 bits per heavy atom. The van der Waals surface area contributed by atoms with Gasteiger partial charge in [0.15, 0.2) is 15.6 Å². The number of Topliss-reactive ketones (excluding diaryl/α,β-unsaturated/α-hetero) is 1. The van der Waals surface area contributed by atoms with Gasteiger partial charge >= 0.3 is 0 Å². The van der Waals surface area contributed by atoms with Crippen LogP contribution in [0.4, 0.5) is 0 Å². The van der Waals surface area contributed by atoms with Gasteiger partial charge in [-0.1, -0.05) is 11.6 Å². The molecule has 1 aromatic heterocycles. The minimum atomic E-state index is -3.62. The number of carbonyl (C=O) groups is 1. The molecule has 0 saturated carbocycles. The zero-order chi connectivity index (χ0) is 14.0. The Morgan fingerprint density at radius 3 is 2.32 bits per heavy atom. The van der Waals surface area contributed by atoms with Crippen LogP contribution in [-0.4, -0.2) is 20.0 Å². The number of benzene rings is 1. The molecule has 0 bridgehead atoms. The van der Waals surface area contributed by atoms with E-state index >= 15 is 0 Å². The van der Waals surface area contributed by atoms with Crippen LogP contribution in [0.15, 0.2) is 41.3 Å². The Labute approximate surface area is 120 Å². The van der Waals surface area contributed by atoms with Gasteiger partial charge in [0.05, 0.1) is 9.77 Å². The minimum Gasteiger partial charge on any atom is -0.292 e. The molecule has 0 aliphatic heterocycles. The molecule has 2 rings (SSSR count). The van der Waals surface area contributed by atoms with Crippen LogP contribution in [-0.2, 0) is 9.84 Å². The van der Waals surface area contributed by atoms with E-state index in [-0.39, 0.29) is 10.7 Å². The quantitative estimate of drug-likeness (QED) is 0.813. The van der Waals surface area contributed by atoms with Gasteiger partial charge in [-0.3, -0.25) is 4.79 Å². The zero-order valence-corrected chi connectivity index (χ0v) is 12.5. The average molecular weight is 315 g/mol. The van der Waals surface area contributed by atoms with Crippen LogP contribution in [0.1, 0.15) is 14.5 Å². The summed E-state index contributed by atoms with van der Waals surface area (Å²) in [6, 6.07) is 9.25. The Bertz CT molecular complexity index is 700. The monoisotopic (exact) mass is 314 g/mol. The normalized spacial score (nSPS) is 11.5.